The van der Waals surface area contributed by atoms with Gasteiger partial charge >= 0.3 is 41.2 Å². The molecule has 0 aliphatic heterocycles. The van der Waals surface area contributed by atoms with Crippen LogP contribution >= 0.6 is 0 Å². The standard InChI is InChI=1S/C10H13.C2H5O.O.Sn.H/c1-2-3-7-10-8-5-4-6-9-10;1-2-3;;;/h5-6,8-9H,2-3,7H2,1H3;2H2,1H3;;;/q;-1;;+1;. The van der Waals surface area contributed by atoms with Gasteiger partial charge < -0.3 is 0 Å². The van der Waals surface area contributed by atoms with E-state index < -0.39 is 21.5 Å². The van der Waals surface area contributed by atoms with Crippen LogP contribution in [0.4, 0.5) is 0 Å². The van der Waals surface area contributed by atoms with Crippen molar-refractivity contribution in [3.05, 3.63) is 35.9 Å². The van der Waals surface area contributed by atoms with Crippen LogP contribution in [0.1, 0.15) is 32.3 Å². The van der Waals surface area contributed by atoms with Crippen LogP contribution in [-0.2, 0) is 12.6 Å². The monoisotopic (exact) mass is 315 g/mol. The summed E-state index contributed by atoms with van der Waals surface area (Å²) in [5.74, 6) is 0. The Kier molecular flexibility index (Phi) is 11.7. The second-order valence-corrected chi connectivity index (χ2v) is 4.56. The molecule has 83 valence electrons. The molecule has 15 heavy (non-hydrogen) atoms. The molecule has 0 spiro atoms. The second-order valence-electron chi connectivity index (χ2n) is 3.06. The molecule has 1 aromatic rings. The van der Waals surface area contributed by atoms with Gasteiger partial charge in [0.1, 0.15) is 0 Å². The molecule has 0 saturated heterocycles. The predicted molar refractivity (Wildman–Crippen MR) is 63.4 cm³/mol. The van der Waals surface area contributed by atoms with Crippen molar-refractivity contribution in [3.63, 3.8) is 0 Å². The van der Waals surface area contributed by atoms with E-state index in [1.54, 1.807) is 0 Å². The molecule has 0 N–H and O–H groups in total. The molecular formula is C12H19O2Sn. The number of rotatable bonds is 5. The zero-order valence-corrected chi connectivity index (χ0v) is 12.8. The fourth-order valence-electron chi connectivity index (χ4n) is 1.04. The number of hydrogen-bond donors (Lipinski definition) is 0. The average molecular weight is 314 g/mol. The molecule has 0 amide bonds. The zero-order chi connectivity index (χ0) is 11.4. The zero-order valence-electron chi connectivity index (χ0n) is 9.53. The first-order chi connectivity index (χ1) is 7.35. The van der Waals surface area contributed by atoms with Gasteiger partial charge in [-0.25, -0.2) is 0 Å². The number of aryl methyl sites for hydroxylation is 1. The number of unbranched alkanes of at least 4 members (excludes halogenated alkanes) is 1. The SMILES string of the molecule is CCCCc1cc[c]cc1.CC[O][SnH]=[O]. The normalized spacial score (nSPS) is 8.93. The summed E-state index contributed by atoms with van der Waals surface area (Å²) in [7, 11) is 0. The van der Waals surface area contributed by atoms with E-state index in [2.05, 4.69) is 28.2 Å². The molecule has 0 aromatic heterocycles. The Morgan fingerprint density at radius 3 is 2.40 bits per heavy atom. The van der Waals surface area contributed by atoms with Gasteiger partial charge in [-0.05, 0) is 24.5 Å². The molecule has 0 fully saturated rings. The van der Waals surface area contributed by atoms with Crippen molar-refractivity contribution in [1.82, 2.24) is 0 Å². The second kappa shape index (κ2) is 11.9. The van der Waals surface area contributed by atoms with Crippen molar-refractivity contribution in [3.8, 4) is 0 Å². The van der Waals surface area contributed by atoms with Gasteiger partial charge in [0.05, 0.1) is 0 Å². The van der Waals surface area contributed by atoms with Crippen LogP contribution in [0.2, 0.25) is 0 Å². The first-order valence-corrected chi connectivity index (χ1v) is 8.04. The molecule has 0 saturated carbocycles. The minimum atomic E-state index is -1.68. The summed E-state index contributed by atoms with van der Waals surface area (Å²) in [4.78, 5) is 0. The maximum absolute atomic E-state index is 9.50. The van der Waals surface area contributed by atoms with E-state index in [0.717, 1.165) is 0 Å². The van der Waals surface area contributed by atoms with Crippen molar-refractivity contribution < 1.29 is 6.15 Å². The van der Waals surface area contributed by atoms with Gasteiger partial charge in [-0.15, -0.1) is 0 Å². The van der Waals surface area contributed by atoms with E-state index in [-0.39, 0.29) is 0 Å². The fourth-order valence-corrected chi connectivity index (χ4v) is 1.43. The van der Waals surface area contributed by atoms with E-state index in [0.29, 0.717) is 6.61 Å². The summed E-state index contributed by atoms with van der Waals surface area (Å²) in [6.07, 6.45) is 3.79. The predicted octanol–water partition coefficient (Wildman–Crippen LogP) is 2.55. The Hall–Kier alpha value is -0.221. The van der Waals surface area contributed by atoms with Crippen LogP contribution in [-0.4, -0.2) is 28.1 Å². The van der Waals surface area contributed by atoms with Gasteiger partial charge in [-0.2, -0.15) is 0 Å². The summed E-state index contributed by atoms with van der Waals surface area (Å²) in [5.41, 5.74) is 1.43. The minimum absolute atomic E-state index is 0.616. The van der Waals surface area contributed by atoms with E-state index in [1.165, 1.54) is 24.8 Å². The van der Waals surface area contributed by atoms with Crippen molar-refractivity contribution in [1.29, 1.82) is 0 Å². The first-order valence-electron chi connectivity index (χ1n) is 5.35. The van der Waals surface area contributed by atoms with Crippen LogP contribution in [0, 0.1) is 6.07 Å². The Morgan fingerprint density at radius 1 is 1.33 bits per heavy atom. The van der Waals surface area contributed by atoms with Gasteiger partial charge in [0.25, 0.3) is 0 Å². The molecule has 0 aliphatic rings. The Bertz CT molecular complexity index is 237. The molecule has 3 heteroatoms. The molecule has 0 heterocycles. The van der Waals surface area contributed by atoms with E-state index >= 15 is 0 Å². The molecule has 0 atom stereocenters. The Morgan fingerprint density at radius 2 is 2.00 bits per heavy atom. The summed E-state index contributed by atoms with van der Waals surface area (Å²) in [5, 5.41) is 0. The summed E-state index contributed by atoms with van der Waals surface area (Å²) < 4.78 is 14.0. The quantitative estimate of drug-likeness (QED) is 0.781. The van der Waals surface area contributed by atoms with Crippen LogP contribution in [0.25, 0.3) is 0 Å². The molecular weight excluding hydrogens is 295 g/mol. The van der Waals surface area contributed by atoms with Crippen LogP contribution in [0.5, 0.6) is 0 Å². The molecule has 0 unspecified atom stereocenters. The topological polar surface area (TPSA) is 26.3 Å². The van der Waals surface area contributed by atoms with Gasteiger partial charge in [0.2, 0.25) is 0 Å². The summed E-state index contributed by atoms with van der Waals surface area (Å²) >= 11 is -1.68. The molecule has 1 aromatic carbocycles. The third-order valence-corrected chi connectivity index (χ3v) is 3.18. The third-order valence-electron chi connectivity index (χ3n) is 1.84. The van der Waals surface area contributed by atoms with Crippen LogP contribution < -0.4 is 0 Å². The average Bonchev–Trinajstić information content (AvgIpc) is 2.30. The third kappa shape index (κ3) is 10.1. The van der Waals surface area contributed by atoms with Gasteiger partial charge in [0, 0.05) is 0 Å². The van der Waals surface area contributed by atoms with Crippen molar-refractivity contribution in [2.24, 2.45) is 0 Å². The number of benzene rings is 1. The molecule has 0 aliphatic carbocycles. The summed E-state index contributed by atoms with van der Waals surface area (Å²) in [6.45, 7) is 4.67. The molecule has 1 rings (SSSR count). The first kappa shape index (κ1) is 14.8. The Labute approximate surface area is 103 Å². The van der Waals surface area contributed by atoms with E-state index in [9.17, 15) is 3.08 Å². The number of hydrogen-bond acceptors (Lipinski definition) is 2. The van der Waals surface area contributed by atoms with Crippen LogP contribution in [0.15, 0.2) is 24.3 Å². The molecule has 2 nitrogen and oxygen atoms in total. The maximum atomic E-state index is 9.50. The van der Waals surface area contributed by atoms with Gasteiger partial charge in [-0.3, -0.25) is 0 Å². The van der Waals surface area contributed by atoms with Crippen molar-refractivity contribution >= 4 is 21.5 Å². The van der Waals surface area contributed by atoms with Gasteiger partial charge in [0.15, 0.2) is 0 Å². The summed E-state index contributed by atoms with van der Waals surface area (Å²) in [6, 6.07) is 11.2. The van der Waals surface area contributed by atoms with Crippen LogP contribution in [0.3, 0.4) is 0 Å². The molecule has 1 radical (unpaired) electrons. The fraction of sp³-hybridized carbons (Fsp3) is 0.500. The van der Waals surface area contributed by atoms with E-state index in [1.807, 2.05) is 19.1 Å². The molecule has 0 bridgehead atoms. The van der Waals surface area contributed by atoms with E-state index in [4.69, 9.17) is 0 Å². The van der Waals surface area contributed by atoms with Gasteiger partial charge in [-0.1, -0.05) is 37.6 Å². The van der Waals surface area contributed by atoms with Crippen molar-refractivity contribution in [2.45, 2.75) is 33.1 Å². The van der Waals surface area contributed by atoms with Crippen molar-refractivity contribution in [2.75, 3.05) is 6.61 Å². The Balaban J connectivity index is 0.000000336.